The van der Waals surface area contributed by atoms with E-state index in [1.165, 1.54) is 23.5 Å². The Morgan fingerprint density at radius 1 is 0.564 bits per heavy atom. The molecule has 0 aliphatic carbocycles. The van der Waals surface area contributed by atoms with E-state index in [0.29, 0.717) is 27.7 Å². The van der Waals surface area contributed by atoms with E-state index >= 15 is 0 Å². The van der Waals surface area contributed by atoms with Crippen molar-refractivity contribution in [1.82, 2.24) is 19.5 Å². The van der Waals surface area contributed by atoms with Gasteiger partial charge in [-0.15, -0.1) is 0 Å². The van der Waals surface area contributed by atoms with Gasteiger partial charge in [0.15, 0.2) is 0 Å². The van der Waals surface area contributed by atoms with Gasteiger partial charge in [0.05, 0.1) is 27.7 Å². The minimum absolute atomic E-state index is 0.0386. The molecule has 0 saturated heterocycles. The maximum atomic E-state index is 13.3. The number of H-pyrrole nitrogens is 3. The lowest BCUT2D eigenvalue weighted by molar-refractivity contribution is 0.621. The van der Waals surface area contributed by atoms with Gasteiger partial charge in [-0.25, -0.2) is 9.59 Å². The van der Waals surface area contributed by atoms with E-state index in [4.69, 9.17) is 0 Å². The van der Waals surface area contributed by atoms with E-state index in [1.54, 1.807) is 4.57 Å². The molecule has 5 aromatic carbocycles. The van der Waals surface area contributed by atoms with E-state index in [0.717, 1.165) is 59.2 Å². The summed E-state index contributed by atoms with van der Waals surface area (Å²) in [5.41, 5.74) is 5.48. The van der Waals surface area contributed by atoms with Gasteiger partial charge in [-0.2, -0.15) is 0 Å². The van der Waals surface area contributed by atoms with Crippen molar-refractivity contribution in [3.05, 3.63) is 172 Å². The number of nitrogens with zero attached hydrogens (tertiary/aromatic N) is 1. The number of aromatic nitrogens is 4. The Morgan fingerprint density at radius 3 is 1.55 bits per heavy atom. The summed E-state index contributed by atoms with van der Waals surface area (Å²) in [7, 11) is 0. The van der Waals surface area contributed by atoms with E-state index < -0.39 is 5.69 Å². The number of hydrogen-bond donors (Lipinski definition) is 3. The summed E-state index contributed by atoms with van der Waals surface area (Å²) in [6.45, 7) is 16.4. The van der Waals surface area contributed by atoms with Crippen LogP contribution in [-0.4, -0.2) is 19.5 Å². The van der Waals surface area contributed by atoms with Gasteiger partial charge in [0.1, 0.15) is 0 Å². The Hall–Kier alpha value is -5.32. The highest BCUT2D eigenvalue weighted by molar-refractivity contribution is 7.99. The average molecular weight is 771 g/mol. The van der Waals surface area contributed by atoms with Crippen molar-refractivity contribution in [3.8, 4) is 0 Å². The average Bonchev–Trinajstić information content (AvgIpc) is 3.08. The predicted molar refractivity (Wildman–Crippen MR) is 228 cm³/mol. The summed E-state index contributed by atoms with van der Waals surface area (Å²) in [5.74, 6) is 0.00674. The molecule has 0 bridgehead atoms. The molecule has 3 N–H and O–H groups in total. The molecule has 0 fully saturated rings. The molecule has 0 saturated carbocycles. The second-order valence-corrected chi connectivity index (χ2v) is 16.8. The van der Waals surface area contributed by atoms with Crippen molar-refractivity contribution >= 4 is 45.1 Å². The van der Waals surface area contributed by atoms with Crippen LogP contribution in [0.25, 0.3) is 21.5 Å². The number of hydrogen-bond acceptors (Lipinski definition) is 6. The standard InChI is InChI=1S/C30H28N2O2S.C15H18N2O2S/c1-18(2)27-28(33)31-30(34)32(29(27)35-23-14-19(3)13-20(4)15-23)17-26-24-11-7-5-9-21(24)16-22-10-6-8-12-25(22)26;1-8(2)12-13(18)16-15(19)17-14(12)20-11-6-9(3)5-10(4)7-11/h5-16,18H,17H2,1-4H3,(H,31,33,34);5-8H,1-4H3,(H2,16,17,18,19). The van der Waals surface area contributed by atoms with Crippen LogP contribution in [0, 0.1) is 27.7 Å². The minimum atomic E-state index is -0.466. The minimum Gasteiger partial charge on any atom is -0.301 e. The lowest BCUT2D eigenvalue weighted by Gasteiger charge is -2.20. The molecule has 0 aliphatic rings. The van der Waals surface area contributed by atoms with Gasteiger partial charge in [-0.1, -0.05) is 112 Å². The van der Waals surface area contributed by atoms with Crippen molar-refractivity contribution in [1.29, 1.82) is 0 Å². The van der Waals surface area contributed by atoms with Gasteiger partial charge in [-0.3, -0.25) is 24.1 Å². The fourth-order valence-corrected chi connectivity index (χ4v) is 9.78. The van der Waals surface area contributed by atoms with Crippen LogP contribution >= 0.6 is 23.5 Å². The van der Waals surface area contributed by atoms with E-state index in [2.05, 4.69) is 83.4 Å². The fraction of sp³-hybridized carbons (Fsp3) is 0.244. The van der Waals surface area contributed by atoms with Gasteiger partial charge in [0.25, 0.3) is 11.1 Å². The van der Waals surface area contributed by atoms with Crippen LogP contribution < -0.4 is 22.5 Å². The molecule has 0 aliphatic heterocycles. The van der Waals surface area contributed by atoms with Gasteiger partial charge >= 0.3 is 11.4 Å². The summed E-state index contributed by atoms with van der Waals surface area (Å²) in [6.07, 6.45) is 0. The third kappa shape index (κ3) is 8.98. The summed E-state index contributed by atoms with van der Waals surface area (Å²) in [5, 5.41) is 5.81. The topological polar surface area (TPSA) is 121 Å². The second kappa shape index (κ2) is 16.6. The lowest BCUT2D eigenvalue weighted by Crippen LogP contribution is -2.34. The van der Waals surface area contributed by atoms with Gasteiger partial charge in [0.2, 0.25) is 0 Å². The van der Waals surface area contributed by atoms with Crippen molar-refractivity contribution in [3.63, 3.8) is 0 Å². The quantitative estimate of drug-likeness (QED) is 0.105. The Balaban J connectivity index is 0.000000219. The van der Waals surface area contributed by atoms with Crippen molar-refractivity contribution < 1.29 is 0 Å². The normalized spacial score (nSPS) is 11.4. The zero-order valence-corrected chi connectivity index (χ0v) is 34.1. The molecule has 2 aromatic heterocycles. The van der Waals surface area contributed by atoms with E-state index in [-0.39, 0.29) is 28.6 Å². The Bertz CT molecular complexity index is 2700. The van der Waals surface area contributed by atoms with E-state index in [9.17, 15) is 19.2 Å². The number of fused-ring (bicyclic) bond motifs is 2. The van der Waals surface area contributed by atoms with E-state index in [1.807, 2.05) is 77.9 Å². The molecule has 0 spiro atoms. The van der Waals surface area contributed by atoms with Crippen LogP contribution in [0.5, 0.6) is 0 Å². The molecular formula is C45H46N4O4S2. The van der Waals surface area contributed by atoms with Crippen LogP contribution in [0.15, 0.2) is 130 Å². The third-order valence-corrected chi connectivity index (χ3v) is 11.4. The summed E-state index contributed by atoms with van der Waals surface area (Å²) < 4.78 is 1.74. The smallest absolute Gasteiger partial charge is 0.301 e. The number of aryl methyl sites for hydroxylation is 4. The highest BCUT2D eigenvalue weighted by Gasteiger charge is 2.21. The first kappa shape index (κ1) is 39.4. The molecule has 0 unspecified atom stereocenters. The second-order valence-electron chi connectivity index (χ2n) is 14.7. The predicted octanol–water partition coefficient (Wildman–Crippen LogP) is 9.74. The molecule has 282 valence electrons. The van der Waals surface area contributed by atoms with Crippen LogP contribution in [-0.2, 0) is 6.54 Å². The first-order valence-corrected chi connectivity index (χ1v) is 20.0. The maximum Gasteiger partial charge on any atom is 0.329 e. The highest BCUT2D eigenvalue weighted by atomic mass is 32.2. The fourth-order valence-electron chi connectivity index (χ4n) is 7.06. The Morgan fingerprint density at radius 2 is 1.04 bits per heavy atom. The molecule has 7 aromatic rings. The first-order valence-electron chi connectivity index (χ1n) is 18.3. The first-order chi connectivity index (χ1) is 26.2. The highest BCUT2D eigenvalue weighted by Crippen LogP contribution is 2.35. The van der Waals surface area contributed by atoms with Gasteiger partial charge in [-0.05, 0) is 119 Å². The Labute approximate surface area is 328 Å². The molecule has 55 heavy (non-hydrogen) atoms. The van der Waals surface area contributed by atoms with Crippen LogP contribution in [0.2, 0.25) is 0 Å². The zero-order valence-electron chi connectivity index (χ0n) is 32.4. The molecule has 10 heteroatoms. The summed E-state index contributed by atoms with van der Waals surface area (Å²) in [4.78, 5) is 59.4. The SMILES string of the molecule is Cc1cc(C)cc(Sc2[nH]c(=O)[nH]c(=O)c2C(C)C)c1.Cc1cc(C)cc(Sc2c(C(C)C)c(=O)[nH]c(=O)n2Cc2c3ccccc3cc3ccccc23)c1. The largest absolute Gasteiger partial charge is 0.329 e. The number of aromatic amines is 3. The summed E-state index contributed by atoms with van der Waals surface area (Å²) in [6, 6.07) is 31.2. The number of nitrogens with one attached hydrogen (secondary N) is 3. The molecule has 8 nitrogen and oxygen atoms in total. The molecule has 0 radical (unpaired) electrons. The van der Waals surface area contributed by atoms with Gasteiger partial charge < -0.3 is 4.98 Å². The van der Waals surface area contributed by atoms with Crippen molar-refractivity contribution in [2.75, 3.05) is 0 Å². The third-order valence-electron chi connectivity index (χ3n) is 9.31. The zero-order chi connectivity index (χ0) is 39.6. The summed E-state index contributed by atoms with van der Waals surface area (Å²) >= 11 is 2.92. The molecule has 0 amide bonds. The van der Waals surface area contributed by atoms with Crippen LogP contribution in [0.4, 0.5) is 0 Å². The monoisotopic (exact) mass is 770 g/mol. The molecule has 0 atom stereocenters. The maximum absolute atomic E-state index is 13.3. The van der Waals surface area contributed by atoms with Crippen molar-refractivity contribution in [2.24, 2.45) is 0 Å². The molecular weight excluding hydrogens is 725 g/mol. The lowest BCUT2D eigenvalue weighted by atomic mass is 9.96. The molecule has 7 rings (SSSR count). The molecule has 2 heterocycles. The van der Waals surface area contributed by atoms with Gasteiger partial charge in [0, 0.05) is 9.79 Å². The van der Waals surface area contributed by atoms with Crippen LogP contribution in [0.1, 0.15) is 78.5 Å². The van der Waals surface area contributed by atoms with Crippen molar-refractivity contribution in [2.45, 2.75) is 93.6 Å². The number of rotatable bonds is 8. The number of benzene rings is 5. The Kier molecular flexibility index (Phi) is 11.9. The van der Waals surface area contributed by atoms with Crippen LogP contribution in [0.3, 0.4) is 0 Å².